The van der Waals surface area contributed by atoms with Crippen molar-refractivity contribution >= 4 is 11.8 Å². The number of anilines is 1. The predicted molar refractivity (Wildman–Crippen MR) is 66.7 cm³/mol. The van der Waals surface area contributed by atoms with Crippen LogP contribution in [0.1, 0.15) is 12.6 Å². The highest BCUT2D eigenvalue weighted by Gasteiger charge is 2.27. The molecule has 1 fully saturated rings. The third-order valence-corrected chi connectivity index (χ3v) is 2.88. The van der Waals surface area contributed by atoms with E-state index < -0.39 is 0 Å². The molecule has 4 N–H and O–H groups in total. The number of nitrogens with one attached hydrogen (secondary N) is 1. The monoisotopic (exact) mass is 251 g/mol. The topological polar surface area (TPSA) is 108 Å². The Morgan fingerprint density at radius 1 is 1.72 bits per heavy atom. The van der Waals surface area contributed by atoms with Gasteiger partial charge in [-0.15, -0.1) is 0 Å². The van der Waals surface area contributed by atoms with Gasteiger partial charge in [0.25, 0.3) is 0 Å². The lowest BCUT2D eigenvalue weighted by Gasteiger charge is -2.37. The Balaban J connectivity index is 2.23. The SMILES string of the molecule is CC1COC(CO)CN1c1nccc(C(=N)N)n1. The maximum absolute atomic E-state index is 9.14. The molecule has 2 rings (SSSR count). The van der Waals surface area contributed by atoms with Crippen LogP contribution < -0.4 is 10.6 Å². The molecule has 0 aliphatic carbocycles. The Bertz CT molecular complexity index is 439. The number of aromatic nitrogens is 2. The molecule has 7 heteroatoms. The molecule has 2 atom stereocenters. The molecule has 2 unspecified atom stereocenters. The molecule has 0 saturated carbocycles. The number of rotatable bonds is 3. The largest absolute Gasteiger partial charge is 0.394 e. The third-order valence-electron chi connectivity index (χ3n) is 2.88. The van der Waals surface area contributed by atoms with Crippen LogP contribution in [0.15, 0.2) is 12.3 Å². The molecule has 1 aromatic rings. The zero-order chi connectivity index (χ0) is 13.1. The lowest BCUT2D eigenvalue weighted by molar-refractivity contribution is -0.0108. The first kappa shape index (κ1) is 12.7. The van der Waals surface area contributed by atoms with E-state index in [0.29, 0.717) is 24.8 Å². The Morgan fingerprint density at radius 2 is 2.50 bits per heavy atom. The molecule has 0 amide bonds. The average Bonchev–Trinajstić information content (AvgIpc) is 2.39. The highest BCUT2D eigenvalue weighted by atomic mass is 16.5. The van der Waals surface area contributed by atoms with Crippen molar-refractivity contribution < 1.29 is 9.84 Å². The summed E-state index contributed by atoms with van der Waals surface area (Å²) in [6.45, 7) is 3.00. The third kappa shape index (κ3) is 2.57. The maximum Gasteiger partial charge on any atom is 0.226 e. The number of nitrogens with two attached hydrogens (primary N) is 1. The van der Waals surface area contributed by atoms with E-state index in [4.69, 9.17) is 21.0 Å². The van der Waals surface area contributed by atoms with E-state index in [2.05, 4.69) is 9.97 Å². The highest BCUT2D eigenvalue weighted by Crippen LogP contribution is 2.17. The molecular weight excluding hydrogens is 234 g/mol. The van der Waals surface area contributed by atoms with E-state index in [1.165, 1.54) is 0 Å². The summed E-state index contributed by atoms with van der Waals surface area (Å²) in [6, 6.07) is 1.72. The Hall–Kier alpha value is -1.73. The van der Waals surface area contributed by atoms with Crippen LogP contribution in [-0.2, 0) is 4.74 Å². The van der Waals surface area contributed by atoms with E-state index in [-0.39, 0.29) is 24.6 Å². The van der Waals surface area contributed by atoms with E-state index >= 15 is 0 Å². The molecule has 2 heterocycles. The van der Waals surface area contributed by atoms with Crippen molar-refractivity contribution in [3.8, 4) is 0 Å². The molecule has 0 bridgehead atoms. The zero-order valence-electron chi connectivity index (χ0n) is 10.2. The van der Waals surface area contributed by atoms with Gasteiger partial charge in [-0.25, -0.2) is 9.97 Å². The average molecular weight is 251 g/mol. The summed E-state index contributed by atoms with van der Waals surface area (Å²) in [5, 5.41) is 16.5. The van der Waals surface area contributed by atoms with Crippen LogP contribution in [0.25, 0.3) is 0 Å². The van der Waals surface area contributed by atoms with Gasteiger partial charge in [0.15, 0.2) is 0 Å². The van der Waals surface area contributed by atoms with Crippen LogP contribution in [0.2, 0.25) is 0 Å². The van der Waals surface area contributed by atoms with Crippen LogP contribution in [0, 0.1) is 5.41 Å². The molecule has 1 aliphatic heterocycles. The number of hydrogen-bond donors (Lipinski definition) is 3. The number of hydrogen-bond acceptors (Lipinski definition) is 6. The van der Waals surface area contributed by atoms with Crippen molar-refractivity contribution in [3.05, 3.63) is 18.0 Å². The summed E-state index contributed by atoms with van der Waals surface area (Å²) in [5.74, 6) is 0.426. The van der Waals surface area contributed by atoms with Gasteiger partial charge in [-0.1, -0.05) is 0 Å². The van der Waals surface area contributed by atoms with Crippen LogP contribution >= 0.6 is 0 Å². The summed E-state index contributed by atoms with van der Waals surface area (Å²) < 4.78 is 5.45. The molecule has 1 aliphatic rings. The molecular formula is C11H17N5O2. The van der Waals surface area contributed by atoms with Crippen molar-refractivity contribution in [1.29, 1.82) is 5.41 Å². The van der Waals surface area contributed by atoms with Gasteiger partial charge in [0, 0.05) is 12.7 Å². The number of morpholine rings is 1. The van der Waals surface area contributed by atoms with Crippen LogP contribution in [0.5, 0.6) is 0 Å². The fourth-order valence-corrected chi connectivity index (χ4v) is 1.84. The normalized spacial score (nSPS) is 24.0. The van der Waals surface area contributed by atoms with Crippen molar-refractivity contribution in [2.75, 3.05) is 24.7 Å². The van der Waals surface area contributed by atoms with E-state index in [0.717, 1.165) is 0 Å². The second-order valence-corrected chi connectivity index (χ2v) is 4.29. The molecule has 1 aromatic heterocycles. The van der Waals surface area contributed by atoms with Gasteiger partial charge < -0.3 is 20.5 Å². The first-order valence-corrected chi connectivity index (χ1v) is 5.78. The molecule has 0 spiro atoms. The van der Waals surface area contributed by atoms with Crippen LogP contribution in [0.3, 0.4) is 0 Å². The second-order valence-electron chi connectivity index (χ2n) is 4.29. The van der Waals surface area contributed by atoms with Crippen LogP contribution in [0.4, 0.5) is 5.95 Å². The predicted octanol–water partition coefficient (Wildman–Crippen LogP) is -0.653. The molecule has 98 valence electrons. The van der Waals surface area contributed by atoms with Crippen LogP contribution in [-0.4, -0.2) is 52.8 Å². The van der Waals surface area contributed by atoms with Gasteiger partial charge in [0.05, 0.1) is 25.4 Å². The molecule has 1 saturated heterocycles. The number of aliphatic hydroxyl groups excluding tert-OH is 1. The van der Waals surface area contributed by atoms with Crippen molar-refractivity contribution in [2.24, 2.45) is 5.73 Å². The lowest BCUT2D eigenvalue weighted by Crippen LogP contribution is -2.50. The van der Waals surface area contributed by atoms with Gasteiger partial charge >= 0.3 is 0 Å². The van der Waals surface area contributed by atoms with E-state index in [9.17, 15) is 0 Å². The standard InChI is InChI=1S/C11H17N5O2/c1-7-6-18-8(5-17)4-16(7)11-14-3-2-9(15-11)10(12)13/h2-3,7-8,17H,4-6H2,1H3,(H3,12,13). The summed E-state index contributed by atoms with van der Waals surface area (Å²) >= 11 is 0. The Kier molecular flexibility index (Phi) is 3.73. The Morgan fingerprint density at radius 3 is 3.17 bits per heavy atom. The van der Waals surface area contributed by atoms with Gasteiger partial charge in [-0.2, -0.15) is 0 Å². The first-order chi connectivity index (χ1) is 8.61. The lowest BCUT2D eigenvalue weighted by atomic mass is 10.2. The minimum Gasteiger partial charge on any atom is -0.394 e. The minimum atomic E-state index is -0.231. The number of ether oxygens (including phenoxy) is 1. The number of nitrogen functional groups attached to an aromatic ring is 1. The molecule has 0 aromatic carbocycles. The van der Waals surface area contributed by atoms with Crippen molar-refractivity contribution in [1.82, 2.24) is 9.97 Å². The van der Waals surface area contributed by atoms with E-state index in [1.807, 2.05) is 11.8 Å². The number of nitrogens with zero attached hydrogens (tertiary/aromatic N) is 3. The zero-order valence-corrected chi connectivity index (χ0v) is 10.2. The van der Waals surface area contributed by atoms with Crippen molar-refractivity contribution in [2.45, 2.75) is 19.1 Å². The number of amidine groups is 1. The quantitative estimate of drug-likeness (QED) is 0.486. The molecule has 7 nitrogen and oxygen atoms in total. The summed E-state index contributed by atoms with van der Waals surface area (Å²) in [5.41, 5.74) is 5.81. The first-order valence-electron chi connectivity index (χ1n) is 5.78. The molecule has 18 heavy (non-hydrogen) atoms. The number of aliphatic hydroxyl groups is 1. The molecule has 0 radical (unpaired) electrons. The summed E-state index contributed by atoms with van der Waals surface area (Å²) in [7, 11) is 0. The Labute approximate surface area is 105 Å². The smallest absolute Gasteiger partial charge is 0.226 e. The summed E-state index contributed by atoms with van der Waals surface area (Å²) in [6.07, 6.45) is 1.35. The fourth-order valence-electron chi connectivity index (χ4n) is 1.84. The highest BCUT2D eigenvalue weighted by molar-refractivity contribution is 5.93. The summed E-state index contributed by atoms with van der Waals surface area (Å²) in [4.78, 5) is 10.4. The van der Waals surface area contributed by atoms with E-state index in [1.54, 1.807) is 12.3 Å². The maximum atomic E-state index is 9.14. The van der Waals surface area contributed by atoms with Crippen molar-refractivity contribution in [3.63, 3.8) is 0 Å². The fraction of sp³-hybridized carbons (Fsp3) is 0.545. The minimum absolute atomic E-state index is 0.0321. The van der Waals surface area contributed by atoms with Gasteiger partial charge in [-0.05, 0) is 13.0 Å². The van der Waals surface area contributed by atoms with Gasteiger partial charge in [0.2, 0.25) is 5.95 Å². The van der Waals surface area contributed by atoms with Gasteiger partial charge in [0.1, 0.15) is 11.5 Å². The van der Waals surface area contributed by atoms with Gasteiger partial charge in [-0.3, -0.25) is 5.41 Å². The second kappa shape index (κ2) is 5.28.